The van der Waals surface area contributed by atoms with Crippen molar-refractivity contribution in [2.75, 3.05) is 7.11 Å². The molecule has 0 unspecified atom stereocenters. The van der Waals surface area contributed by atoms with Gasteiger partial charge in [-0.1, -0.05) is 18.2 Å². The average Bonchev–Trinajstić information content (AvgIpc) is 3.13. The molecule has 0 spiro atoms. The van der Waals surface area contributed by atoms with Crippen LogP contribution in [0.4, 0.5) is 0 Å². The highest BCUT2D eigenvalue weighted by Crippen LogP contribution is 2.17. The van der Waals surface area contributed by atoms with Crippen LogP contribution in [0, 0.1) is 0 Å². The predicted octanol–water partition coefficient (Wildman–Crippen LogP) is 2.38. The minimum Gasteiger partial charge on any atom is -0.453 e. The molecule has 22 heavy (non-hydrogen) atoms. The molecule has 2 heterocycles. The first-order valence-electron chi connectivity index (χ1n) is 6.93. The van der Waals surface area contributed by atoms with Crippen LogP contribution in [0.15, 0.2) is 34.7 Å². The second-order valence-corrected chi connectivity index (χ2v) is 5.09. The molecule has 0 aliphatic carbocycles. The number of ether oxygens (including phenoxy) is 1. The van der Waals surface area contributed by atoms with E-state index in [9.17, 15) is 4.79 Å². The summed E-state index contributed by atoms with van der Waals surface area (Å²) in [5.74, 6) is 0.743. The number of nitrogens with one attached hydrogen (secondary N) is 2. The molecular weight excluding hydrogens is 304 g/mol. The predicted molar refractivity (Wildman–Crippen MR) is 84.8 cm³/mol. The Balaban J connectivity index is 0.00000176. The number of carbonyl (C=O) groups is 1. The molecule has 1 aliphatic heterocycles. The summed E-state index contributed by atoms with van der Waals surface area (Å²) in [6.07, 6.45) is 0. The highest BCUT2D eigenvalue weighted by Gasteiger charge is 2.13. The Kier molecular flexibility index (Phi) is 5.60. The van der Waals surface area contributed by atoms with E-state index in [1.54, 1.807) is 19.2 Å². The zero-order valence-corrected chi connectivity index (χ0v) is 13.2. The zero-order valence-electron chi connectivity index (χ0n) is 12.3. The van der Waals surface area contributed by atoms with Gasteiger partial charge in [-0.05, 0) is 28.8 Å². The van der Waals surface area contributed by atoms with Crippen molar-refractivity contribution in [2.45, 2.75) is 26.2 Å². The monoisotopic (exact) mass is 322 g/mol. The van der Waals surface area contributed by atoms with Gasteiger partial charge in [0.25, 0.3) is 5.91 Å². The van der Waals surface area contributed by atoms with E-state index < -0.39 is 0 Å². The molecule has 0 fully saturated rings. The molecule has 0 bridgehead atoms. The van der Waals surface area contributed by atoms with E-state index in [-0.39, 0.29) is 18.3 Å². The van der Waals surface area contributed by atoms with E-state index in [4.69, 9.17) is 9.15 Å². The van der Waals surface area contributed by atoms with E-state index in [1.165, 1.54) is 11.1 Å². The van der Waals surface area contributed by atoms with Crippen LogP contribution in [0.2, 0.25) is 0 Å². The normalized spacial score (nSPS) is 12.6. The van der Waals surface area contributed by atoms with Gasteiger partial charge < -0.3 is 19.8 Å². The molecule has 0 radical (unpaired) electrons. The molecule has 0 atom stereocenters. The van der Waals surface area contributed by atoms with Crippen LogP contribution in [0.5, 0.6) is 0 Å². The van der Waals surface area contributed by atoms with Gasteiger partial charge in [-0.25, -0.2) is 0 Å². The molecule has 1 aromatic carbocycles. The summed E-state index contributed by atoms with van der Waals surface area (Å²) in [6.45, 7) is 2.68. The van der Waals surface area contributed by atoms with Gasteiger partial charge in [0.05, 0.1) is 0 Å². The van der Waals surface area contributed by atoms with Gasteiger partial charge >= 0.3 is 0 Å². The topological polar surface area (TPSA) is 63.5 Å². The number of hydrogen-bond acceptors (Lipinski definition) is 4. The minimum absolute atomic E-state index is 0. The standard InChI is InChI=1S/C16H18N2O3.ClH/c1-20-10-14-4-5-15(21-14)16(19)18-7-11-2-3-12-8-17-9-13(12)6-11;/h2-6,17H,7-10H2,1H3,(H,18,19);1H. The molecule has 2 aromatic rings. The van der Waals surface area contributed by atoms with Gasteiger partial charge in [0.2, 0.25) is 0 Å². The summed E-state index contributed by atoms with van der Waals surface area (Å²) >= 11 is 0. The molecule has 1 amide bonds. The molecule has 118 valence electrons. The summed E-state index contributed by atoms with van der Waals surface area (Å²) in [7, 11) is 1.59. The van der Waals surface area contributed by atoms with Crippen LogP contribution in [0.3, 0.4) is 0 Å². The Bertz CT molecular complexity index is 655. The highest BCUT2D eigenvalue weighted by atomic mass is 35.5. The van der Waals surface area contributed by atoms with Crippen molar-refractivity contribution in [3.8, 4) is 0 Å². The van der Waals surface area contributed by atoms with Crippen molar-refractivity contribution < 1.29 is 13.9 Å². The smallest absolute Gasteiger partial charge is 0.287 e. The molecule has 0 saturated heterocycles. The van der Waals surface area contributed by atoms with Gasteiger partial charge in [0.15, 0.2) is 5.76 Å². The second kappa shape index (κ2) is 7.45. The van der Waals surface area contributed by atoms with Crippen molar-refractivity contribution >= 4 is 18.3 Å². The number of furan rings is 1. The molecular formula is C16H19ClN2O3. The highest BCUT2D eigenvalue weighted by molar-refractivity contribution is 5.91. The van der Waals surface area contributed by atoms with Gasteiger partial charge in [0.1, 0.15) is 12.4 Å². The summed E-state index contributed by atoms with van der Waals surface area (Å²) in [5, 5.41) is 6.17. The molecule has 6 heteroatoms. The lowest BCUT2D eigenvalue weighted by molar-refractivity contribution is 0.0914. The molecule has 5 nitrogen and oxygen atoms in total. The quantitative estimate of drug-likeness (QED) is 0.887. The lowest BCUT2D eigenvalue weighted by Crippen LogP contribution is -2.22. The number of amides is 1. The van der Waals surface area contributed by atoms with Crippen LogP contribution >= 0.6 is 12.4 Å². The summed E-state index contributed by atoms with van der Waals surface area (Å²) in [5.41, 5.74) is 3.73. The van der Waals surface area contributed by atoms with Crippen LogP contribution in [0.25, 0.3) is 0 Å². The third-order valence-electron chi connectivity index (χ3n) is 3.53. The summed E-state index contributed by atoms with van der Waals surface area (Å²) in [4.78, 5) is 12.0. The first kappa shape index (κ1) is 16.5. The molecule has 0 saturated carbocycles. The largest absolute Gasteiger partial charge is 0.453 e. The lowest BCUT2D eigenvalue weighted by Gasteiger charge is -2.06. The number of hydrogen-bond donors (Lipinski definition) is 2. The number of fused-ring (bicyclic) bond motifs is 1. The zero-order chi connectivity index (χ0) is 14.7. The van der Waals surface area contributed by atoms with Gasteiger partial charge in [0, 0.05) is 26.7 Å². The molecule has 1 aromatic heterocycles. The van der Waals surface area contributed by atoms with Gasteiger partial charge in [-0.15, -0.1) is 12.4 Å². The molecule has 2 N–H and O–H groups in total. The fourth-order valence-corrected chi connectivity index (χ4v) is 2.45. The van der Waals surface area contributed by atoms with Crippen LogP contribution in [0.1, 0.15) is 33.0 Å². The van der Waals surface area contributed by atoms with Crippen molar-refractivity contribution in [1.29, 1.82) is 0 Å². The number of benzene rings is 1. The first-order valence-corrected chi connectivity index (χ1v) is 6.93. The maximum Gasteiger partial charge on any atom is 0.287 e. The number of carbonyl (C=O) groups excluding carboxylic acids is 1. The van der Waals surface area contributed by atoms with Gasteiger partial charge in [-0.2, -0.15) is 0 Å². The Hall–Kier alpha value is -1.82. The lowest BCUT2D eigenvalue weighted by atomic mass is 10.1. The van der Waals surface area contributed by atoms with Crippen molar-refractivity contribution in [3.63, 3.8) is 0 Å². The fourth-order valence-electron chi connectivity index (χ4n) is 2.45. The van der Waals surface area contributed by atoms with Crippen molar-refractivity contribution in [2.24, 2.45) is 0 Å². The Morgan fingerprint density at radius 2 is 2.09 bits per heavy atom. The van der Waals surface area contributed by atoms with E-state index in [0.29, 0.717) is 24.7 Å². The van der Waals surface area contributed by atoms with E-state index in [0.717, 1.165) is 18.7 Å². The minimum atomic E-state index is -0.212. The fraction of sp³-hybridized carbons (Fsp3) is 0.312. The van der Waals surface area contributed by atoms with Crippen molar-refractivity contribution in [3.05, 3.63) is 58.5 Å². The summed E-state index contributed by atoms with van der Waals surface area (Å²) < 4.78 is 10.4. The van der Waals surface area contributed by atoms with Crippen LogP contribution in [-0.4, -0.2) is 13.0 Å². The third-order valence-corrected chi connectivity index (χ3v) is 3.53. The van der Waals surface area contributed by atoms with E-state index in [2.05, 4.69) is 22.8 Å². The van der Waals surface area contributed by atoms with Crippen LogP contribution in [-0.2, 0) is 31.0 Å². The Morgan fingerprint density at radius 3 is 2.91 bits per heavy atom. The third kappa shape index (κ3) is 3.68. The van der Waals surface area contributed by atoms with E-state index >= 15 is 0 Å². The number of rotatable bonds is 5. The number of methoxy groups -OCH3 is 1. The average molecular weight is 323 g/mol. The van der Waals surface area contributed by atoms with E-state index in [1.807, 2.05) is 6.07 Å². The summed E-state index contributed by atoms with van der Waals surface area (Å²) in [6, 6.07) is 9.70. The maximum absolute atomic E-state index is 12.0. The van der Waals surface area contributed by atoms with Gasteiger partial charge in [-0.3, -0.25) is 4.79 Å². The Labute approximate surface area is 135 Å². The van der Waals surface area contributed by atoms with Crippen LogP contribution < -0.4 is 10.6 Å². The first-order chi connectivity index (χ1) is 10.3. The second-order valence-electron chi connectivity index (χ2n) is 5.09. The van der Waals surface area contributed by atoms with Crippen molar-refractivity contribution in [1.82, 2.24) is 10.6 Å². The Morgan fingerprint density at radius 1 is 1.27 bits per heavy atom. The SMILES string of the molecule is COCc1ccc(C(=O)NCc2ccc3c(c2)CNC3)o1.Cl. The maximum atomic E-state index is 12.0. The number of halogens is 1. The molecule has 3 rings (SSSR count). The molecule has 1 aliphatic rings.